The van der Waals surface area contributed by atoms with Crippen molar-refractivity contribution in [3.8, 4) is 0 Å². The minimum absolute atomic E-state index is 0. The van der Waals surface area contributed by atoms with Gasteiger partial charge >= 0.3 is 0 Å². The van der Waals surface area contributed by atoms with Crippen LogP contribution >= 0.6 is 35.6 Å². The molecule has 1 aromatic rings. The predicted octanol–water partition coefficient (Wildman–Crippen LogP) is 3.90. The summed E-state index contributed by atoms with van der Waals surface area (Å²) in [5.74, 6) is 0.882. The summed E-state index contributed by atoms with van der Waals surface area (Å²) in [6, 6.07) is 4.91. The smallest absolute Gasteiger partial charge is 0.188 e. The molecule has 3 N–H and O–H groups in total. The van der Waals surface area contributed by atoms with Gasteiger partial charge in [-0.15, -0.1) is 24.0 Å². The highest BCUT2D eigenvalue weighted by atomic mass is 127. The van der Waals surface area contributed by atoms with Gasteiger partial charge in [0, 0.05) is 29.1 Å². The largest absolute Gasteiger partial charge is 0.370 e. The van der Waals surface area contributed by atoms with E-state index >= 15 is 0 Å². The molecular weight excluding hydrogens is 404 g/mol. The lowest BCUT2D eigenvalue weighted by atomic mass is 10.1. The highest BCUT2D eigenvalue weighted by Crippen LogP contribution is 2.44. The lowest BCUT2D eigenvalue weighted by Crippen LogP contribution is -2.34. The first kappa shape index (κ1) is 18.5. The number of nitrogens with one attached hydrogen (secondary N) is 1. The Morgan fingerprint density at radius 2 is 2.24 bits per heavy atom. The molecule has 2 atom stereocenters. The van der Waals surface area contributed by atoms with Gasteiger partial charge in [-0.25, -0.2) is 4.39 Å². The molecule has 0 aliphatic heterocycles. The molecule has 1 saturated carbocycles. The third-order valence-corrected chi connectivity index (χ3v) is 3.81. The standard InChI is InChI=1S/C15H21ClFN3.HI/c1-9(2)6-7-19-15(18)20-13-8-10(13)14-11(16)4-3-5-12(14)17;/h3-5,9-10,13H,6-8H2,1-2H3,(H3,18,19,20);1H. The average Bonchev–Trinajstić information content (AvgIpc) is 3.07. The van der Waals surface area contributed by atoms with E-state index in [9.17, 15) is 4.39 Å². The summed E-state index contributed by atoms with van der Waals surface area (Å²) in [4.78, 5) is 4.27. The molecule has 2 rings (SSSR count). The second-order valence-corrected chi connectivity index (χ2v) is 6.09. The van der Waals surface area contributed by atoms with Crippen molar-refractivity contribution >= 4 is 41.5 Å². The van der Waals surface area contributed by atoms with Crippen LogP contribution in [-0.4, -0.2) is 18.5 Å². The number of hydrogen-bond acceptors (Lipinski definition) is 1. The Bertz CT molecular complexity index is 487. The van der Waals surface area contributed by atoms with Crippen LogP contribution in [0.3, 0.4) is 0 Å². The first-order valence-electron chi connectivity index (χ1n) is 6.99. The van der Waals surface area contributed by atoms with Crippen molar-refractivity contribution in [3.63, 3.8) is 0 Å². The van der Waals surface area contributed by atoms with Crippen LogP contribution < -0.4 is 11.1 Å². The zero-order valence-corrected chi connectivity index (χ0v) is 15.4. The number of nitrogens with two attached hydrogens (primary N) is 1. The Balaban J connectivity index is 0.00000220. The fourth-order valence-corrected chi connectivity index (χ4v) is 2.52. The van der Waals surface area contributed by atoms with E-state index in [0.29, 0.717) is 29.0 Å². The van der Waals surface area contributed by atoms with Crippen molar-refractivity contribution in [2.24, 2.45) is 16.6 Å². The van der Waals surface area contributed by atoms with E-state index < -0.39 is 0 Å². The normalized spacial score (nSPS) is 21.1. The average molecular weight is 426 g/mol. The maximum absolute atomic E-state index is 13.8. The van der Waals surface area contributed by atoms with Crippen molar-refractivity contribution in [2.75, 3.05) is 6.54 Å². The Morgan fingerprint density at radius 1 is 1.52 bits per heavy atom. The lowest BCUT2D eigenvalue weighted by Gasteiger charge is -2.08. The molecule has 118 valence electrons. The maximum Gasteiger partial charge on any atom is 0.188 e. The second-order valence-electron chi connectivity index (χ2n) is 5.68. The van der Waals surface area contributed by atoms with Crippen LogP contribution in [0.1, 0.15) is 38.2 Å². The summed E-state index contributed by atoms with van der Waals surface area (Å²) in [6.07, 6.45) is 1.84. The van der Waals surface area contributed by atoms with Gasteiger partial charge in [-0.1, -0.05) is 31.5 Å². The number of aliphatic imine (C=N–C) groups is 1. The predicted molar refractivity (Wildman–Crippen MR) is 97.1 cm³/mol. The number of hydrogen-bond donors (Lipinski definition) is 2. The molecule has 6 heteroatoms. The zero-order chi connectivity index (χ0) is 14.7. The molecular formula is C15H22ClFIN3. The first-order chi connectivity index (χ1) is 9.49. The summed E-state index contributed by atoms with van der Waals surface area (Å²) < 4.78 is 13.8. The van der Waals surface area contributed by atoms with Crippen molar-refractivity contribution in [1.82, 2.24) is 5.32 Å². The Labute approximate surface area is 147 Å². The summed E-state index contributed by atoms with van der Waals surface area (Å²) in [7, 11) is 0. The minimum atomic E-state index is -0.248. The van der Waals surface area contributed by atoms with Crippen molar-refractivity contribution in [3.05, 3.63) is 34.6 Å². The number of halogens is 3. The Morgan fingerprint density at radius 3 is 2.86 bits per heavy atom. The fraction of sp³-hybridized carbons (Fsp3) is 0.533. The third kappa shape index (κ3) is 5.29. The molecule has 0 heterocycles. The highest BCUT2D eigenvalue weighted by Gasteiger charge is 2.41. The molecule has 0 aromatic heterocycles. The molecule has 0 spiro atoms. The molecule has 0 saturated heterocycles. The van der Waals surface area contributed by atoms with Crippen molar-refractivity contribution in [1.29, 1.82) is 0 Å². The van der Waals surface area contributed by atoms with Gasteiger partial charge in [0.1, 0.15) is 5.82 Å². The zero-order valence-electron chi connectivity index (χ0n) is 12.3. The van der Waals surface area contributed by atoms with Crippen LogP contribution in [-0.2, 0) is 0 Å². The molecule has 21 heavy (non-hydrogen) atoms. The van der Waals surface area contributed by atoms with Crippen LogP contribution in [0.5, 0.6) is 0 Å². The van der Waals surface area contributed by atoms with Crippen LogP contribution in [0.15, 0.2) is 23.2 Å². The van der Waals surface area contributed by atoms with E-state index in [2.05, 4.69) is 24.2 Å². The molecule has 1 aliphatic rings. The minimum Gasteiger partial charge on any atom is -0.370 e. The van der Waals surface area contributed by atoms with Gasteiger partial charge in [0.25, 0.3) is 0 Å². The van der Waals surface area contributed by atoms with Crippen molar-refractivity contribution < 1.29 is 4.39 Å². The SMILES string of the molecule is CC(C)CCN=C(N)NC1CC1c1c(F)cccc1Cl.I. The molecule has 0 amide bonds. The summed E-state index contributed by atoms with van der Waals surface area (Å²) in [5, 5.41) is 3.61. The van der Waals surface area contributed by atoms with E-state index in [0.717, 1.165) is 12.8 Å². The molecule has 1 aliphatic carbocycles. The lowest BCUT2D eigenvalue weighted by molar-refractivity contribution is 0.595. The van der Waals surface area contributed by atoms with Crippen molar-refractivity contribution in [2.45, 2.75) is 38.6 Å². The molecule has 0 radical (unpaired) electrons. The molecule has 3 nitrogen and oxygen atoms in total. The quantitative estimate of drug-likeness (QED) is 0.427. The number of guanidine groups is 1. The van der Waals surface area contributed by atoms with E-state index in [1.165, 1.54) is 6.07 Å². The van der Waals surface area contributed by atoms with Gasteiger partial charge in [0.2, 0.25) is 0 Å². The number of nitrogens with zero attached hydrogens (tertiary/aromatic N) is 1. The van der Waals surface area contributed by atoms with E-state index in [4.69, 9.17) is 17.3 Å². The molecule has 0 bridgehead atoms. The summed E-state index contributed by atoms with van der Waals surface area (Å²) >= 11 is 6.06. The Kier molecular flexibility index (Phi) is 7.20. The van der Waals surface area contributed by atoms with E-state index in [1.54, 1.807) is 12.1 Å². The van der Waals surface area contributed by atoms with Gasteiger partial charge < -0.3 is 11.1 Å². The van der Waals surface area contributed by atoms with E-state index in [1.807, 2.05) is 0 Å². The first-order valence-corrected chi connectivity index (χ1v) is 7.37. The molecule has 1 aromatic carbocycles. The Hall–Kier alpha value is -0.560. The topological polar surface area (TPSA) is 50.4 Å². The van der Waals surface area contributed by atoms with Gasteiger partial charge in [0.05, 0.1) is 0 Å². The number of rotatable bonds is 5. The van der Waals surface area contributed by atoms with Crippen LogP contribution in [0.25, 0.3) is 0 Å². The van der Waals surface area contributed by atoms with Gasteiger partial charge in [-0.2, -0.15) is 0 Å². The fourth-order valence-electron chi connectivity index (χ4n) is 2.22. The summed E-state index contributed by atoms with van der Waals surface area (Å²) in [5.41, 5.74) is 6.41. The van der Waals surface area contributed by atoms with Crippen LogP contribution in [0, 0.1) is 11.7 Å². The maximum atomic E-state index is 13.8. The van der Waals surface area contributed by atoms with E-state index in [-0.39, 0.29) is 41.8 Å². The monoisotopic (exact) mass is 425 g/mol. The molecule has 2 unspecified atom stereocenters. The number of benzene rings is 1. The van der Waals surface area contributed by atoms with Gasteiger partial charge in [-0.3, -0.25) is 4.99 Å². The highest BCUT2D eigenvalue weighted by molar-refractivity contribution is 14.0. The summed E-state index contributed by atoms with van der Waals surface area (Å²) in [6.45, 7) is 5.01. The van der Waals surface area contributed by atoms with Crippen LogP contribution in [0.4, 0.5) is 4.39 Å². The van der Waals surface area contributed by atoms with Gasteiger partial charge in [-0.05, 0) is 30.9 Å². The third-order valence-electron chi connectivity index (χ3n) is 3.48. The van der Waals surface area contributed by atoms with Crippen LogP contribution in [0.2, 0.25) is 5.02 Å². The molecule has 1 fully saturated rings. The second kappa shape index (κ2) is 8.17. The van der Waals surface area contributed by atoms with Gasteiger partial charge in [0.15, 0.2) is 5.96 Å².